The van der Waals surface area contributed by atoms with Gasteiger partial charge in [-0.05, 0) is 72.1 Å². The summed E-state index contributed by atoms with van der Waals surface area (Å²) < 4.78 is 0.595. The van der Waals surface area contributed by atoms with Crippen LogP contribution in [0.5, 0.6) is 0 Å². The first kappa shape index (κ1) is 42.8. The zero-order valence-electron chi connectivity index (χ0n) is 32.7. The van der Waals surface area contributed by atoms with Crippen molar-refractivity contribution in [3.05, 3.63) is 129 Å². The third-order valence-electron chi connectivity index (χ3n) is 10.6. The summed E-state index contributed by atoms with van der Waals surface area (Å²) in [5, 5.41) is 1.44. The lowest BCUT2D eigenvalue weighted by molar-refractivity contribution is -0.128. The van der Waals surface area contributed by atoms with E-state index in [1.807, 2.05) is 57.2 Å². The highest BCUT2D eigenvalue weighted by atomic mass is 127. The number of fused-ring (bicyclic) bond motifs is 2. The fourth-order valence-corrected chi connectivity index (χ4v) is 7.76. The van der Waals surface area contributed by atoms with E-state index in [1.165, 1.54) is 9.80 Å². The van der Waals surface area contributed by atoms with Crippen LogP contribution >= 0.6 is 39.9 Å². The Morgan fingerprint density at radius 1 is 0.542 bits per heavy atom. The minimum atomic E-state index is -0.555. The maximum Gasteiger partial charge on any atom is 0.295 e. The number of halogens is 2. The van der Waals surface area contributed by atoms with Crippen molar-refractivity contribution in [3.63, 3.8) is 0 Å². The maximum absolute atomic E-state index is 12.9. The highest BCUT2D eigenvalue weighted by Crippen LogP contribution is 2.28. The van der Waals surface area contributed by atoms with Crippen LogP contribution in [0.25, 0.3) is 21.8 Å². The molecule has 2 aliphatic heterocycles. The summed E-state index contributed by atoms with van der Waals surface area (Å²) in [4.78, 5) is 97.6. The Balaban J connectivity index is 0.000000195. The number of carbonyl (C=O) groups is 6. The fraction of sp³-hybridized carbons (Fsp3) is 0.256. The Bertz CT molecular complexity index is 2380. The van der Waals surface area contributed by atoms with Crippen LogP contribution in [-0.2, 0) is 9.59 Å². The summed E-state index contributed by atoms with van der Waals surface area (Å²) in [6, 6.07) is 18.1. The third-order valence-corrected chi connectivity index (χ3v) is 11.2. The molecule has 8 rings (SSSR count). The van der Waals surface area contributed by atoms with Crippen molar-refractivity contribution in [1.82, 2.24) is 39.5 Å². The number of nitrogens with one attached hydrogen (secondary N) is 2. The Hall–Kier alpha value is -5.75. The lowest BCUT2D eigenvalue weighted by Crippen LogP contribution is -2.52. The number of aromatic nitrogens is 4. The van der Waals surface area contributed by atoms with Gasteiger partial charge in [0.2, 0.25) is 0 Å². The number of rotatable bonds is 6. The normalized spacial score (nSPS) is 14.0. The Morgan fingerprint density at radius 3 is 1.36 bits per heavy atom. The molecule has 2 saturated heterocycles. The van der Waals surface area contributed by atoms with Crippen molar-refractivity contribution in [2.75, 3.05) is 52.4 Å². The molecule has 59 heavy (non-hydrogen) atoms. The molecular weight excluding hydrogens is 931 g/mol. The van der Waals surface area contributed by atoms with Gasteiger partial charge < -0.3 is 29.6 Å². The highest BCUT2D eigenvalue weighted by molar-refractivity contribution is 14.0. The highest BCUT2D eigenvalue weighted by Gasteiger charge is 2.32. The number of hydrogen-bond donors (Lipinski definition) is 2. The molecule has 0 spiro atoms. The van der Waals surface area contributed by atoms with Crippen LogP contribution in [-0.4, -0.2) is 127 Å². The number of H-pyrrole nitrogens is 2. The van der Waals surface area contributed by atoms with E-state index in [2.05, 4.69) is 35.9 Å². The Morgan fingerprint density at radius 2 is 0.915 bits per heavy atom. The molecular formula is C43H42BrIN8O6. The molecule has 4 amide bonds. The van der Waals surface area contributed by atoms with E-state index >= 15 is 0 Å². The van der Waals surface area contributed by atoms with E-state index in [0.29, 0.717) is 90.1 Å². The van der Waals surface area contributed by atoms with Gasteiger partial charge in [0.1, 0.15) is 4.60 Å². The van der Waals surface area contributed by atoms with Crippen LogP contribution in [0.3, 0.4) is 0 Å². The molecule has 6 heterocycles. The lowest BCUT2D eigenvalue weighted by Gasteiger charge is -2.34. The molecule has 0 aliphatic carbocycles. The summed E-state index contributed by atoms with van der Waals surface area (Å²) in [6.07, 6.45) is 6.51. The van der Waals surface area contributed by atoms with Gasteiger partial charge in [-0.15, -0.1) is 24.0 Å². The van der Waals surface area contributed by atoms with Crippen molar-refractivity contribution in [3.8, 4) is 0 Å². The number of amides is 4. The van der Waals surface area contributed by atoms with Crippen LogP contribution in [0.15, 0.2) is 90.1 Å². The number of carbonyl (C=O) groups excluding carboxylic acids is 6. The van der Waals surface area contributed by atoms with Crippen molar-refractivity contribution in [1.29, 1.82) is 0 Å². The summed E-state index contributed by atoms with van der Waals surface area (Å²) in [5.74, 6) is -2.29. The molecule has 0 bridgehead atoms. The number of hydrogen-bond acceptors (Lipinski definition) is 8. The largest absolute Gasteiger partial charge is 0.359 e. The topological polar surface area (TPSA) is 173 Å². The van der Waals surface area contributed by atoms with Crippen LogP contribution in [0.4, 0.5) is 0 Å². The first-order chi connectivity index (χ1) is 27.9. The van der Waals surface area contributed by atoms with Gasteiger partial charge >= 0.3 is 0 Å². The third kappa shape index (κ3) is 8.83. The van der Waals surface area contributed by atoms with E-state index in [0.717, 1.165) is 27.7 Å². The van der Waals surface area contributed by atoms with Gasteiger partial charge in [0.05, 0.1) is 27.9 Å². The van der Waals surface area contributed by atoms with Crippen LogP contribution in [0, 0.1) is 20.8 Å². The second-order valence-electron chi connectivity index (χ2n) is 14.2. The molecule has 2 fully saturated rings. The molecule has 16 heteroatoms. The average molecular weight is 974 g/mol. The molecule has 2 N–H and O–H groups in total. The predicted molar refractivity (Wildman–Crippen MR) is 236 cm³/mol. The molecule has 2 aromatic carbocycles. The number of aromatic amines is 2. The molecule has 14 nitrogen and oxygen atoms in total. The Kier molecular flexibility index (Phi) is 13.4. The first-order valence-electron chi connectivity index (χ1n) is 18.9. The van der Waals surface area contributed by atoms with Crippen LogP contribution in [0.2, 0.25) is 0 Å². The van der Waals surface area contributed by atoms with E-state index in [9.17, 15) is 28.8 Å². The van der Waals surface area contributed by atoms with Gasteiger partial charge in [-0.3, -0.25) is 33.8 Å². The Labute approximate surface area is 365 Å². The smallest absolute Gasteiger partial charge is 0.295 e. The number of ketones is 2. The van der Waals surface area contributed by atoms with Crippen molar-refractivity contribution < 1.29 is 28.8 Å². The molecule has 0 unspecified atom stereocenters. The number of benzene rings is 2. The molecule has 2 aliphatic rings. The zero-order chi connectivity index (χ0) is 41.1. The number of Topliss-reactive ketones (excluding diaryl/α,β-unsaturated/α-hetero) is 2. The second-order valence-corrected chi connectivity index (χ2v) is 15.0. The van der Waals surface area contributed by atoms with E-state index in [4.69, 9.17) is 0 Å². The number of nitrogens with zero attached hydrogens (tertiary/aromatic N) is 6. The number of pyridine rings is 2. The van der Waals surface area contributed by atoms with Gasteiger partial charge in [0.25, 0.3) is 35.2 Å². The van der Waals surface area contributed by atoms with Gasteiger partial charge in [0, 0.05) is 99.0 Å². The summed E-state index contributed by atoms with van der Waals surface area (Å²) in [7, 11) is 0. The van der Waals surface area contributed by atoms with Crippen molar-refractivity contribution in [2.24, 2.45) is 0 Å². The molecule has 0 atom stereocenters. The quantitative estimate of drug-likeness (QED) is 0.0918. The van der Waals surface area contributed by atoms with Gasteiger partial charge in [-0.2, -0.15) is 0 Å². The summed E-state index contributed by atoms with van der Waals surface area (Å²) in [6.45, 7) is 8.53. The molecule has 0 saturated carbocycles. The van der Waals surface area contributed by atoms with E-state index in [-0.39, 0.29) is 35.8 Å². The molecule has 4 aromatic heterocycles. The second kappa shape index (κ2) is 18.4. The van der Waals surface area contributed by atoms with E-state index in [1.54, 1.807) is 58.9 Å². The monoisotopic (exact) mass is 972 g/mol. The van der Waals surface area contributed by atoms with Crippen LogP contribution < -0.4 is 0 Å². The SMILES string of the molecule is Cc1cnc(Br)c2[nH]cc(C(=O)C(=O)N3CCN(C(=O)c4ccccc4)CC3)c12.Cc1ncc(C)c2c(C(=O)C(=O)N3CCN(C(=O)c4ccccc4)CC3)c[nH]c12.I. The van der Waals surface area contributed by atoms with Crippen molar-refractivity contribution in [2.45, 2.75) is 20.8 Å². The summed E-state index contributed by atoms with van der Waals surface area (Å²) in [5.41, 5.74) is 5.88. The molecule has 6 aromatic rings. The van der Waals surface area contributed by atoms with Gasteiger partial charge in [-0.1, -0.05) is 36.4 Å². The number of piperazine rings is 2. The summed E-state index contributed by atoms with van der Waals surface area (Å²) >= 11 is 3.36. The van der Waals surface area contributed by atoms with E-state index < -0.39 is 23.4 Å². The molecule has 304 valence electrons. The average Bonchev–Trinajstić information content (AvgIpc) is 3.94. The standard InChI is InChI=1S/C22H22N4O3.C21H19BrN4O3.HI/c1-14-12-23-15(2)19-18(14)17(13-24-19)20(27)22(29)26-10-8-25(9-11-26)21(28)16-6-4-3-5-7-16;1-13-11-24-19(22)17-16(13)15(12-23-17)18(27)21(29)26-9-7-25(8-10-26)20(28)14-5-3-2-4-6-14;/h3-7,12-13,24H,8-11H2,1-2H3;2-6,11-12,23H,7-10H2,1H3;1H. The van der Waals surface area contributed by atoms with Gasteiger partial charge in [-0.25, -0.2) is 4.98 Å². The van der Waals surface area contributed by atoms with Crippen molar-refractivity contribution >= 4 is 96.9 Å². The van der Waals surface area contributed by atoms with Gasteiger partial charge in [0.15, 0.2) is 0 Å². The minimum Gasteiger partial charge on any atom is -0.359 e. The lowest BCUT2D eigenvalue weighted by atomic mass is 10.0. The molecule has 0 radical (unpaired) electrons. The minimum absolute atomic E-state index is 0. The first-order valence-corrected chi connectivity index (χ1v) is 19.6. The fourth-order valence-electron chi connectivity index (χ4n) is 7.35. The zero-order valence-corrected chi connectivity index (χ0v) is 36.6. The predicted octanol–water partition coefficient (Wildman–Crippen LogP) is 5.77. The van der Waals surface area contributed by atoms with Crippen LogP contribution in [0.1, 0.15) is 58.3 Å². The number of aryl methyl sites for hydroxylation is 3. The maximum atomic E-state index is 12.9.